The third-order valence-electron chi connectivity index (χ3n) is 3.18. The van der Waals surface area contributed by atoms with Gasteiger partial charge in [-0.05, 0) is 48.5 Å². The van der Waals surface area contributed by atoms with E-state index in [-0.39, 0.29) is 5.12 Å². The second kappa shape index (κ2) is 10.3. The molecule has 0 spiro atoms. The smallest absolute Gasteiger partial charge is 0.212 e. The van der Waals surface area contributed by atoms with Crippen LogP contribution in [0.15, 0.2) is 23.8 Å². The fourth-order valence-corrected chi connectivity index (χ4v) is 2.56. The Morgan fingerprint density at radius 3 is 2.50 bits per heavy atom. The molecule has 0 saturated carbocycles. The van der Waals surface area contributed by atoms with Crippen LogP contribution < -0.4 is 0 Å². The molecule has 0 aromatic carbocycles. The summed E-state index contributed by atoms with van der Waals surface area (Å²) in [5.74, 6) is 1.57. The van der Waals surface area contributed by atoms with E-state index in [0.717, 1.165) is 23.7 Å². The van der Waals surface area contributed by atoms with E-state index >= 15 is 0 Å². The second-order valence-electron chi connectivity index (χ2n) is 6.84. The first-order chi connectivity index (χ1) is 9.24. The van der Waals surface area contributed by atoms with Crippen LogP contribution >= 0.6 is 11.8 Å². The van der Waals surface area contributed by atoms with Gasteiger partial charge in [-0.1, -0.05) is 71.4 Å². The maximum Gasteiger partial charge on any atom is 0.212 e. The quantitative estimate of drug-likeness (QED) is 0.403. The molecule has 0 aromatic rings. The van der Waals surface area contributed by atoms with E-state index < -0.39 is 0 Å². The average Bonchev–Trinajstić information content (AvgIpc) is 2.27. The number of thioether (sulfide) groups is 1. The number of hydrogen-bond donors (Lipinski definition) is 0. The lowest BCUT2D eigenvalue weighted by atomic mass is 9.87. The molecule has 1 nitrogen and oxygen atoms in total. The molecule has 0 N–H and O–H groups in total. The fraction of sp³-hybridized carbons (Fsp3) is 0.722. The highest BCUT2D eigenvalue weighted by molar-refractivity contribution is 8.14. The summed E-state index contributed by atoms with van der Waals surface area (Å²) in [6.07, 6.45) is 11.0. The van der Waals surface area contributed by atoms with Crippen molar-refractivity contribution in [1.29, 1.82) is 0 Å². The zero-order chi connectivity index (χ0) is 15.6. The fourth-order valence-electron chi connectivity index (χ4n) is 2.00. The summed E-state index contributed by atoms with van der Waals surface area (Å²) in [6, 6.07) is 0. The SMILES string of the molecule is CCSC(=O)/C=C(C)/C=C/CC(C)CCCC(C)(C)C. The van der Waals surface area contributed by atoms with Gasteiger partial charge in [0, 0.05) is 0 Å². The minimum atomic E-state index is 0.160. The van der Waals surface area contributed by atoms with Crippen LogP contribution in [0.25, 0.3) is 0 Å². The first-order valence-electron chi connectivity index (χ1n) is 7.76. The molecule has 0 aromatic heterocycles. The average molecular weight is 297 g/mol. The van der Waals surface area contributed by atoms with E-state index in [9.17, 15) is 4.79 Å². The van der Waals surface area contributed by atoms with Crippen LogP contribution in [0.4, 0.5) is 0 Å². The Bertz CT molecular complexity index is 334. The lowest BCUT2D eigenvalue weighted by Gasteiger charge is -2.18. The van der Waals surface area contributed by atoms with E-state index in [1.165, 1.54) is 31.0 Å². The third-order valence-corrected chi connectivity index (χ3v) is 3.87. The summed E-state index contributed by atoms with van der Waals surface area (Å²) >= 11 is 1.36. The largest absolute Gasteiger partial charge is 0.282 e. The van der Waals surface area contributed by atoms with Crippen molar-refractivity contribution in [3.63, 3.8) is 0 Å². The molecule has 0 aliphatic heterocycles. The Balaban J connectivity index is 3.96. The molecule has 1 atom stereocenters. The maximum absolute atomic E-state index is 11.4. The normalized spacial score (nSPS) is 14.8. The van der Waals surface area contributed by atoms with Gasteiger partial charge in [-0.2, -0.15) is 0 Å². The van der Waals surface area contributed by atoms with Crippen LogP contribution in [0.2, 0.25) is 0 Å². The Morgan fingerprint density at radius 1 is 1.30 bits per heavy atom. The first kappa shape index (κ1) is 19.5. The van der Waals surface area contributed by atoms with Gasteiger partial charge in [0.1, 0.15) is 0 Å². The number of carbonyl (C=O) groups is 1. The van der Waals surface area contributed by atoms with Crippen molar-refractivity contribution in [3.8, 4) is 0 Å². The molecule has 0 fully saturated rings. The van der Waals surface area contributed by atoms with Crippen molar-refractivity contribution in [2.24, 2.45) is 11.3 Å². The molecule has 0 aliphatic rings. The summed E-state index contributed by atoms with van der Waals surface area (Å²) < 4.78 is 0. The van der Waals surface area contributed by atoms with Gasteiger partial charge >= 0.3 is 0 Å². The molecule has 0 aliphatic carbocycles. The van der Waals surface area contributed by atoms with Gasteiger partial charge in [-0.15, -0.1) is 0 Å². The minimum absolute atomic E-state index is 0.160. The topological polar surface area (TPSA) is 17.1 Å². The molecule has 0 saturated heterocycles. The van der Waals surface area contributed by atoms with Crippen LogP contribution in [0.3, 0.4) is 0 Å². The summed E-state index contributed by atoms with van der Waals surface area (Å²) in [7, 11) is 0. The van der Waals surface area contributed by atoms with Gasteiger partial charge in [-0.25, -0.2) is 0 Å². The molecular weight excluding hydrogens is 264 g/mol. The van der Waals surface area contributed by atoms with Crippen LogP contribution in [0.5, 0.6) is 0 Å². The highest BCUT2D eigenvalue weighted by Crippen LogP contribution is 2.24. The van der Waals surface area contributed by atoms with E-state index in [4.69, 9.17) is 0 Å². The van der Waals surface area contributed by atoms with Gasteiger partial charge in [0.2, 0.25) is 5.12 Å². The van der Waals surface area contributed by atoms with Gasteiger partial charge in [0.25, 0.3) is 0 Å². The lowest BCUT2D eigenvalue weighted by Crippen LogP contribution is -2.05. The monoisotopic (exact) mass is 296 g/mol. The van der Waals surface area contributed by atoms with Gasteiger partial charge in [-0.3, -0.25) is 4.79 Å². The Kier molecular flexibility index (Phi) is 10.0. The van der Waals surface area contributed by atoms with Gasteiger partial charge in [0.15, 0.2) is 0 Å². The predicted octanol–water partition coefficient (Wildman–Crippen LogP) is 6.01. The van der Waals surface area contributed by atoms with Crippen LogP contribution in [0, 0.1) is 11.3 Å². The highest BCUT2D eigenvalue weighted by Gasteiger charge is 2.10. The zero-order valence-electron chi connectivity index (χ0n) is 14.2. The van der Waals surface area contributed by atoms with Crippen LogP contribution in [-0.2, 0) is 4.79 Å². The van der Waals surface area contributed by atoms with Crippen LogP contribution in [0.1, 0.15) is 67.2 Å². The molecule has 0 amide bonds. The molecule has 0 heterocycles. The molecule has 0 rings (SSSR count). The minimum Gasteiger partial charge on any atom is -0.282 e. The van der Waals surface area contributed by atoms with Crippen molar-refractivity contribution in [1.82, 2.24) is 0 Å². The summed E-state index contributed by atoms with van der Waals surface area (Å²) in [5.41, 5.74) is 1.50. The van der Waals surface area contributed by atoms with E-state index in [1.54, 1.807) is 6.08 Å². The van der Waals surface area contributed by atoms with Crippen LogP contribution in [-0.4, -0.2) is 10.9 Å². The van der Waals surface area contributed by atoms with Crippen molar-refractivity contribution in [2.45, 2.75) is 67.2 Å². The van der Waals surface area contributed by atoms with Crippen molar-refractivity contribution < 1.29 is 4.79 Å². The molecule has 20 heavy (non-hydrogen) atoms. The number of rotatable bonds is 8. The van der Waals surface area contributed by atoms with E-state index in [0.29, 0.717) is 5.41 Å². The Hall–Kier alpha value is -0.500. The predicted molar refractivity (Wildman–Crippen MR) is 93.1 cm³/mol. The lowest BCUT2D eigenvalue weighted by molar-refractivity contribution is -0.107. The molecule has 0 radical (unpaired) electrons. The maximum atomic E-state index is 11.4. The summed E-state index contributed by atoms with van der Waals surface area (Å²) in [5, 5.41) is 0.160. The molecule has 116 valence electrons. The zero-order valence-corrected chi connectivity index (χ0v) is 15.0. The first-order valence-corrected chi connectivity index (χ1v) is 8.74. The Morgan fingerprint density at radius 2 is 1.95 bits per heavy atom. The van der Waals surface area contributed by atoms with E-state index in [1.807, 2.05) is 13.8 Å². The number of allylic oxidation sites excluding steroid dienone is 3. The molecule has 0 bridgehead atoms. The van der Waals surface area contributed by atoms with Crippen molar-refractivity contribution in [3.05, 3.63) is 23.8 Å². The second-order valence-corrected chi connectivity index (χ2v) is 8.10. The molecule has 2 heteroatoms. The summed E-state index contributed by atoms with van der Waals surface area (Å²) in [6.45, 7) is 13.2. The van der Waals surface area contributed by atoms with Gasteiger partial charge < -0.3 is 0 Å². The van der Waals surface area contributed by atoms with E-state index in [2.05, 4.69) is 39.8 Å². The van der Waals surface area contributed by atoms with Crippen molar-refractivity contribution in [2.75, 3.05) is 5.75 Å². The van der Waals surface area contributed by atoms with Crippen molar-refractivity contribution >= 4 is 16.9 Å². The highest BCUT2D eigenvalue weighted by atomic mass is 32.2. The molecule has 1 unspecified atom stereocenters. The third kappa shape index (κ3) is 12.5. The van der Waals surface area contributed by atoms with Gasteiger partial charge in [0.05, 0.1) is 0 Å². The molecular formula is C18H32OS. The standard InChI is InChI=1S/C18H32OS/c1-7-20-17(19)14-16(3)11-8-10-15(2)12-9-13-18(4,5)6/h8,11,14-15H,7,9-10,12-13H2,1-6H3/b11-8+,16-14+. The Labute approximate surface area is 130 Å². The number of hydrogen-bond acceptors (Lipinski definition) is 2. The number of carbonyl (C=O) groups excluding carboxylic acids is 1. The summed E-state index contributed by atoms with van der Waals surface area (Å²) in [4.78, 5) is 11.4.